The maximum atomic E-state index is 13.8. The predicted molar refractivity (Wildman–Crippen MR) is 97.7 cm³/mol. The molecule has 1 N–H and O–H groups in total. The Morgan fingerprint density at radius 1 is 1.35 bits per heavy atom. The lowest BCUT2D eigenvalue weighted by molar-refractivity contribution is -0.115. The first-order valence-electron chi connectivity index (χ1n) is 8.13. The summed E-state index contributed by atoms with van der Waals surface area (Å²) in [7, 11) is 0. The minimum Gasteiger partial charge on any atom is -0.371 e. The zero-order valence-electron chi connectivity index (χ0n) is 13.6. The van der Waals surface area contributed by atoms with Crippen LogP contribution in [-0.2, 0) is 16.0 Å². The Kier molecular flexibility index (Phi) is 5.00. The minimum absolute atomic E-state index is 0.0139. The summed E-state index contributed by atoms with van der Waals surface area (Å²) in [5, 5.41) is 14.4. The Balaban J connectivity index is 1.39. The van der Waals surface area contributed by atoms with Crippen LogP contribution in [0.2, 0.25) is 0 Å². The monoisotopic (exact) mass is 390 g/mol. The number of nitrogens with one attached hydrogen (secondary N) is 1. The summed E-state index contributed by atoms with van der Waals surface area (Å²) in [6, 6.07) is 6.46. The van der Waals surface area contributed by atoms with Gasteiger partial charge >= 0.3 is 0 Å². The molecule has 3 aromatic rings. The Hall–Kier alpha value is -2.23. The summed E-state index contributed by atoms with van der Waals surface area (Å²) in [6.45, 7) is 0.736. The summed E-state index contributed by atoms with van der Waals surface area (Å²) in [5.41, 5.74) is 1.03. The third-order valence-corrected chi connectivity index (χ3v) is 5.74. The van der Waals surface area contributed by atoms with E-state index in [4.69, 9.17) is 4.74 Å². The van der Waals surface area contributed by atoms with E-state index in [0.717, 1.165) is 24.5 Å². The molecule has 2 aromatic heterocycles. The van der Waals surface area contributed by atoms with Gasteiger partial charge in [-0.05, 0) is 25.0 Å². The number of nitrogens with zero attached hydrogens (tertiary/aromatic N) is 3. The second kappa shape index (κ2) is 7.56. The first-order chi connectivity index (χ1) is 12.7. The van der Waals surface area contributed by atoms with Crippen LogP contribution in [0.3, 0.4) is 0 Å². The van der Waals surface area contributed by atoms with Crippen LogP contribution >= 0.6 is 22.7 Å². The molecule has 0 saturated carbocycles. The molecule has 6 nitrogen and oxygen atoms in total. The van der Waals surface area contributed by atoms with Crippen LogP contribution in [0.15, 0.2) is 29.6 Å². The molecule has 1 atom stereocenters. The average molecular weight is 390 g/mol. The van der Waals surface area contributed by atoms with Crippen molar-refractivity contribution in [1.29, 1.82) is 0 Å². The molecule has 1 unspecified atom stereocenters. The normalized spacial score (nSPS) is 16.7. The SMILES string of the molecule is O=C(Cc1csc(-c2ccccc2F)n1)Nc1nnc(C2CCCO2)s1. The molecule has 1 aliphatic heterocycles. The van der Waals surface area contributed by atoms with Gasteiger partial charge in [-0.25, -0.2) is 9.37 Å². The molecular weight excluding hydrogens is 375 g/mol. The summed E-state index contributed by atoms with van der Waals surface area (Å²) in [5.74, 6) is -0.557. The van der Waals surface area contributed by atoms with E-state index < -0.39 is 0 Å². The van der Waals surface area contributed by atoms with Crippen LogP contribution in [0.5, 0.6) is 0 Å². The van der Waals surface area contributed by atoms with E-state index in [1.165, 1.54) is 28.7 Å². The van der Waals surface area contributed by atoms with E-state index in [0.29, 0.717) is 21.4 Å². The molecule has 134 valence electrons. The van der Waals surface area contributed by atoms with E-state index in [1.54, 1.807) is 23.6 Å². The molecule has 0 spiro atoms. The summed E-state index contributed by atoms with van der Waals surface area (Å²) < 4.78 is 19.4. The number of amides is 1. The Bertz CT molecular complexity index is 921. The highest BCUT2D eigenvalue weighted by Crippen LogP contribution is 2.32. The molecule has 1 saturated heterocycles. The fourth-order valence-corrected chi connectivity index (χ4v) is 4.35. The third-order valence-electron chi connectivity index (χ3n) is 3.89. The van der Waals surface area contributed by atoms with Crippen LogP contribution in [0.4, 0.5) is 9.52 Å². The number of hydrogen-bond donors (Lipinski definition) is 1. The van der Waals surface area contributed by atoms with Gasteiger partial charge in [0.15, 0.2) is 0 Å². The predicted octanol–water partition coefficient (Wildman–Crippen LogP) is 3.83. The number of ether oxygens (including phenoxy) is 1. The minimum atomic E-state index is -0.326. The van der Waals surface area contributed by atoms with Gasteiger partial charge in [-0.3, -0.25) is 4.79 Å². The fourth-order valence-electron chi connectivity index (χ4n) is 2.66. The van der Waals surface area contributed by atoms with Gasteiger partial charge in [-0.1, -0.05) is 23.5 Å². The van der Waals surface area contributed by atoms with Gasteiger partial charge in [0.1, 0.15) is 21.9 Å². The smallest absolute Gasteiger partial charge is 0.232 e. The van der Waals surface area contributed by atoms with Crippen LogP contribution in [-0.4, -0.2) is 27.7 Å². The highest BCUT2D eigenvalue weighted by Gasteiger charge is 2.22. The van der Waals surface area contributed by atoms with Gasteiger partial charge in [-0.15, -0.1) is 21.5 Å². The van der Waals surface area contributed by atoms with Gasteiger partial charge in [0.05, 0.1) is 12.1 Å². The third kappa shape index (κ3) is 3.79. The molecular formula is C17H15FN4O2S2. The van der Waals surface area contributed by atoms with Crippen molar-refractivity contribution in [3.05, 3.63) is 46.2 Å². The lowest BCUT2D eigenvalue weighted by Crippen LogP contribution is -2.14. The number of hydrogen-bond acceptors (Lipinski definition) is 7. The summed E-state index contributed by atoms with van der Waals surface area (Å²) in [4.78, 5) is 16.6. The van der Waals surface area contributed by atoms with Gasteiger partial charge in [0.25, 0.3) is 0 Å². The highest BCUT2D eigenvalue weighted by atomic mass is 32.1. The molecule has 9 heteroatoms. The standard InChI is InChI=1S/C17H15FN4O2S2/c18-12-5-2-1-4-11(12)15-19-10(9-25-15)8-14(23)20-17-22-21-16(26-17)13-6-3-7-24-13/h1-2,4-5,9,13H,3,6-8H2,(H,20,22,23). The lowest BCUT2D eigenvalue weighted by atomic mass is 10.2. The van der Waals surface area contributed by atoms with E-state index in [-0.39, 0.29) is 24.2 Å². The van der Waals surface area contributed by atoms with Crippen molar-refractivity contribution < 1.29 is 13.9 Å². The number of halogens is 1. The number of carbonyl (C=O) groups excluding carboxylic acids is 1. The zero-order chi connectivity index (χ0) is 17.9. The summed E-state index contributed by atoms with van der Waals surface area (Å²) >= 11 is 2.64. The first-order valence-corrected chi connectivity index (χ1v) is 9.83. The zero-order valence-corrected chi connectivity index (χ0v) is 15.3. The maximum Gasteiger partial charge on any atom is 0.232 e. The molecule has 1 fully saturated rings. The number of thiazole rings is 1. The molecule has 3 heterocycles. The lowest BCUT2D eigenvalue weighted by Gasteiger charge is -2.02. The van der Waals surface area contributed by atoms with Crippen LogP contribution < -0.4 is 5.32 Å². The Labute approximate surface area is 157 Å². The molecule has 1 amide bonds. The second-order valence-electron chi connectivity index (χ2n) is 5.80. The summed E-state index contributed by atoms with van der Waals surface area (Å²) in [6.07, 6.45) is 2.03. The van der Waals surface area contributed by atoms with Crippen molar-refractivity contribution in [3.8, 4) is 10.6 Å². The van der Waals surface area contributed by atoms with Crippen molar-refractivity contribution in [2.24, 2.45) is 0 Å². The number of benzene rings is 1. The fraction of sp³-hybridized carbons (Fsp3) is 0.294. The van der Waals surface area contributed by atoms with Gasteiger partial charge in [0, 0.05) is 17.6 Å². The topological polar surface area (TPSA) is 77.0 Å². The molecule has 0 bridgehead atoms. The molecule has 4 rings (SSSR count). The number of anilines is 1. The van der Waals surface area contributed by atoms with E-state index >= 15 is 0 Å². The van der Waals surface area contributed by atoms with Gasteiger partial charge < -0.3 is 10.1 Å². The van der Waals surface area contributed by atoms with Crippen molar-refractivity contribution >= 4 is 33.7 Å². The second-order valence-corrected chi connectivity index (χ2v) is 7.66. The number of rotatable bonds is 5. The van der Waals surface area contributed by atoms with Crippen LogP contribution in [0, 0.1) is 5.82 Å². The first kappa shape index (κ1) is 17.2. The molecule has 0 aliphatic carbocycles. The van der Waals surface area contributed by atoms with Crippen molar-refractivity contribution in [2.45, 2.75) is 25.4 Å². The van der Waals surface area contributed by atoms with Crippen LogP contribution in [0.1, 0.15) is 29.6 Å². The van der Waals surface area contributed by atoms with Crippen molar-refractivity contribution in [3.63, 3.8) is 0 Å². The number of aromatic nitrogens is 3. The van der Waals surface area contributed by atoms with Crippen LogP contribution in [0.25, 0.3) is 10.6 Å². The average Bonchev–Trinajstić information content (AvgIpc) is 3.36. The Morgan fingerprint density at radius 2 is 2.23 bits per heavy atom. The highest BCUT2D eigenvalue weighted by molar-refractivity contribution is 7.15. The van der Waals surface area contributed by atoms with E-state index in [2.05, 4.69) is 20.5 Å². The van der Waals surface area contributed by atoms with Gasteiger partial charge in [0.2, 0.25) is 11.0 Å². The number of carbonyl (C=O) groups is 1. The van der Waals surface area contributed by atoms with Crippen molar-refractivity contribution in [1.82, 2.24) is 15.2 Å². The molecule has 26 heavy (non-hydrogen) atoms. The van der Waals surface area contributed by atoms with Gasteiger partial charge in [-0.2, -0.15) is 0 Å². The molecule has 1 aliphatic rings. The van der Waals surface area contributed by atoms with E-state index in [9.17, 15) is 9.18 Å². The largest absolute Gasteiger partial charge is 0.371 e. The van der Waals surface area contributed by atoms with E-state index in [1.807, 2.05) is 0 Å². The molecule has 1 aromatic carbocycles. The van der Waals surface area contributed by atoms with Crippen molar-refractivity contribution in [2.75, 3.05) is 11.9 Å². The quantitative estimate of drug-likeness (QED) is 0.716. The molecule has 0 radical (unpaired) electrons. The Morgan fingerprint density at radius 3 is 3.04 bits per heavy atom. The maximum absolute atomic E-state index is 13.8.